The average molecular weight is 561 g/mol. The molecule has 0 spiro atoms. The summed E-state index contributed by atoms with van der Waals surface area (Å²) in [5.74, 6) is 0.256. The molecule has 2 amide bonds. The van der Waals surface area contributed by atoms with Gasteiger partial charge in [0.05, 0.1) is 21.5 Å². The Morgan fingerprint density at radius 3 is 2.48 bits per heavy atom. The van der Waals surface area contributed by atoms with Crippen LogP contribution in [0.5, 0.6) is 0 Å². The van der Waals surface area contributed by atoms with Crippen molar-refractivity contribution in [2.45, 2.75) is 50.5 Å². The van der Waals surface area contributed by atoms with Gasteiger partial charge in [0.1, 0.15) is 5.82 Å². The fraction of sp³-hybridized carbons (Fsp3) is 0.300. The first-order chi connectivity index (χ1) is 19.3. The second-order valence-corrected chi connectivity index (χ2v) is 11.8. The summed E-state index contributed by atoms with van der Waals surface area (Å²) in [5, 5.41) is 12.4. The molecule has 40 heavy (non-hydrogen) atoms. The number of imidazole rings is 1. The Balaban J connectivity index is 1.42. The zero-order chi connectivity index (χ0) is 28.3. The second kappa shape index (κ2) is 11.5. The van der Waals surface area contributed by atoms with Gasteiger partial charge in [0.25, 0.3) is 10.0 Å². The van der Waals surface area contributed by atoms with E-state index < -0.39 is 22.0 Å². The number of nitrogens with zero attached hydrogens (tertiary/aromatic N) is 2. The number of carboxylic acid groups (broad SMARTS) is 1. The van der Waals surface area contributed by atoms with E-state index in [1.807, 2.05) is 34.9 Å². The largest absolute Gasteiger partial charge is 0.478 e. The van der Waals surface area contributed by atoms with Crippen molar-refractivity contribution in [2.24, 2.45) is 5.92 Å². The highest BCUT2D eigenvalue weighted by molar-refractivity contribution is 7.90. The monoisotopic (exact) mass is 560 g/mol. The van der Waals surface area contributed by atoms with Crippen molar-refractivity contribution in [1.82, 2.24) is 19.6 Å². The number of benzene rings is 3. The van der Waals surface area contributed by atoms with Gasteiger partial charge in [-0.3, -0.25) is 0 Å². The molecule has 0 saturated heterocycles. The maximum Gasteiger partial charge on any atom is 0.337 e. The van der Waals surface area contributed by atoms with E-state index in [0.717, 1.165) is 43.5 Å². The molecular formula is C30H32N4O5S. The molecule has 9 nitrogen and oxygen atoms in total. The Morgan fingerprint density at radius 1 is 1.02 bits per heavy atom. The molecule has 1 heterocycles. The molecule has 1 aliphatic carbocycles. The molecule has 0 atom stereocenters. The van der Waals surface area contributed by atoms with Crippen molar-refractivity contribution < 1.29 is 23.1 Å². The van der Waals surface area contributed by atoms with Crippen LogP contribution in [0.1, 0.15) is 54.4 Å². The highest BCUT2D eigenvalue weighted by Gasteiger charge is 2.25. The number of rotatable bonds is 11. The highest BCUT2D eigenvalue weighted by atomic mass is 32.2. The molecule has 0 aliphatic heterocycles. The third kappa shape index (κ3) is 6.02. The van der Waals surface area contributed by atoms with Gasteiger partial charge >= 0.3 is 12.0 Å². The fourth-order valence-corrected chi connectivity index (χ4v) is 5.95. The molecule has 0 unspecified atom stereocenters. The van der Waals surface area contributed by atoms with Gasteiger partial charge in [-0.15, -0.1) is 0 Å². The van der Waals surface area contributed by atoms with E-state index in [1.54, 1.807) is 30.3 Å². The molecule has 1 saturated carbocycles. The van der Waals surface area contributed by atoms with Crippen LogP contribution in [0, 0.1) is 5.92 Å². The summed E-state index contributed by atoms with van der Waals surface area (Å²) in [4.78, 5) is 28.9. The van der Waals surface area contributed by atoms with Crippen LogP contribution in [0.25, 0.3) is 22.2 Å². The van der Waals surface area contributed by atoms with Crippen LogP contribution in [0.3, 0.4) is 0 Å². The molecule has 1 aliphatic rings. The number of aryl methyl sites for hydroxylation is 1. The van der Waals surface area contributed by atoms with E-state index in [9.17, 15) is 23.1 Å². The number of carbonyl (C=O) groups excluding carboxylic acids is 1. The number of unbranched alkanes of at least 4 members (excludes halogenated alkanes) is 1. The zero-order valence-corrected chi connectivity index (χ0v) is 23.1. The Bertz CT molecular complexity index is 1660. The summed E-state index contributed by atoms with van der Waals surface area (Å²) < 4.78 is 30.3. The molecule has 10 heteroatoms. The van der Waals surface area contributed by atoms with Crippen LogP contribution in [-0.4, -0.2) is 41.6 Å². The fourth-order valence-electron chi connectivity index (χ4n) is 4.79. The molecule has 5 rings (SSSR count). The normalized spacial score (nSPS) is 13.3. The molecule has 3 N–H and O–H groups in total. The maximum absolute atomic E-state index is 13.1. The minimum Gasteiger partial charge on any atom is -0.478 e. The van der Waals surface area contributed by atoms with E-state index in [4.69, 9.17) is 4.98 Å². The third-order valence-corrected chi connectivity index (χ3v) is 8.48. The molecule has 4 aromatic rings. The zero-order valence-electron chi connectivity index (χ0n) is 22.3. The van der Waals surface area contributed by atoms with Gasteiger partial charge in [-0.2, -0.15) is 0 Å². The molecular weight excluding hydrogens is 528 g/mol. The van der Waals surface area contributed by atoms with E-state index in [0.29, 0.717) is 41.2 Å². The summed E-state index contributed by atoms with van der Waals surface area (Å²) in [5.41, 5.74) is 3.51. The van der Waals surface area contributed by atoms with E-state index >= 15 is 0 Å². The number of urea groups is 1. The predicted molar refractivity (Wildman–Crippen MR) is 153 cm³/mol. The number of hydrogen-bond acceptors (Lipinski definition) is 5. The first kappa shape index (κ1) is 27.4. The Morgan fingerprint density at radius 2 is 1.77 bits per heavy atom. The average Bonchev–Trinajstić information content (AvgIpc) is 3.71. The summed E-state index contributed by atoms with van der Waals surface area (Å²) >= 11 is 0. The number of para-hydroxylation sites is 1. The minimum absolute atomic E-state index is 0.0119. The van der Waals surface area contributed by atoms with Crippen LogP contribution in [0.15, 0.2) is 71.6 Å². The number of carbonyl (C=O) groups is 2. The number of aromatic carboxylic acids is 1. The van der Waals surface area contributed by atoms with Gasteiger partial charge in [-0.1, -0.05) is 61.9 Å². The topological polar surface area (TPSA) is 130 Å². The van der Waals surface area contributed by atoms with Crippen LogP contribution in [0.4, 0.5) is 4.79 Å². The summed E-state index contributed by atoms with van der Waals surface area (Å²) in [7, 11) is -4.10. The lowest BCUT2D eigenvalue weighted by Gasteiger charge is -2.14. The molecule has 1 aromatic heterocycles. The van der Waals surface area contributed by atoms with Crippen molar-refractivity contribution in [2.75, 3.05) is 6.54 Å². The lowest BCUT2D eigenvalue weighted by atomic mass is 10.0. The summed E-state index contributed by atoms with van der Waals surface area (Å²) in [6.45, 7) is 2.98. The smallest absolute Gasteiger partial charge is 0.337 e. The van der Waals surface area contributed by atoms with Gasteiger partial charge in [-0.05, 0) is 54.5 Å². The third-order valence-electron chi connectivity index (χ3n) is 7.09. The van der Waals surface area contributed by atoms with Gasteiger partial charge in [-0.25, -0.2) is 27.7 Å². The van der Waals surface area contributed by atoms with Crippen molar-refractivity contribution in [3.8, 4) is 11.1 Å². The lowest BCUT2D eigenvalue weighted by molar-refractivity contribution is 0.0698. The van der Waals surface area contributed by atoms with Gasteiger partial charge in [0.2, 0.25) is 0 Å². The Hall–Kier alpha value is -4.18. The molecule has 208 valence electrons. The van der Waals surface area contributed by atoms with E-state index in [1.165, 1.54) is 6.07 Å². The highest BCUT2D eigenvalue weighted by Crippen LogP contribution is 2.29. The standard InChI is InChI=1S/C30H32N4O5S/c1-2-3-11-27-32-25-9-6-8-24(29(35)36)28(25)34(27)19-21-14-16-22(17-15-21)23-7-4-5-10-26(23)40(38,39)33-30(37)31-18-20-12-13-20/h4-10,14-17,20H,2-3,11-13,18-19H2,1H3,(H,35,36)(H2,31,33,37). The number of carboxylic acids is 1. The number of aromatic nitrogens is 2. The summed E-state index contributed by atoms with van der Waals surface area (Å²) in [6, 6.07) is 18.4. The number of sulfonamides is 1. The van der Waals surface area contributed by atoms with Crippen molar-refractivity contribution >= 4 is 33.1 Å². The molecule has 0 bridgehead atoms. The Kier molecular flexibility index (Phi) is 7.88. The summed E-state index contributed by atoms with van der Waals surface area (Å²) in [6.07, 6.45) is 4.74. The first-order valence-electron chi connectivity index (χ1n) is 13.5. The van der Waals surface area contributed by atoms with Crippen LogP contribution < -0.4 is 10.0 Å². The number of nitrogens with one attached hydrogen (secondary N) is 2. The van der Waals surface area contributed by atoms with Crippen molar-refractivity contribution in [1.29, 1.82) is 0 Å². The minimum atomic E-state index is -4.10. The molecule has 1 fully saturated rings. The number of amides is 2. The van der Waals surface area contributed by atoms with Crippen molar-refractivity contribution in [3.63, 3.8) is 0 Å². The molecule has 3 aromatic carbocycles. The maximum atomic E-state index is 13.1. The van der Waals surface area contributed by atoms with Gasteiger partial charge in [0.15, 0.2) is 0 Å². The van der Waals surface area contributed by atoms with Crippen LogP contribution in [0.2, 0.25) is 0 Å². The predicted octanol–water partition coefficient (Wildman–Crippen LogP) is 5.19. The number of fused-ring (bicyclic) bond motifs is 1. The van der Waals surface area contributed by atoms with Crippen LogP contribution >= 0.6 is 0 Å². The van der Waals surface area contributed by atoms with Crippen LogP contribution in [-0.2, 0) is 23.0 Å². The van der Waals surface area contributed by atoms with Gasteiger partial charge < -0.3 is 15.0 Å². The molecule has 0 radical (unpaired) electrons. The SMILES string of the molecule is CCCCc1nc2cccc(C(=O)O)c2n1Cc1ccc(-c2ccccc2S(=O)(=O)NC(=O)NCC2CC2)cc1. The van der Waals surface area contributed by atoms with E-state index in [2.05, 4.69) is 17.0 Å². The first-order valence-corrected chi connectivity index (χ1v) is 15.0. The van der Waals surface area contributed by atoms with Gasteiger partial charge in [0, 0.05) is 25.1 Å². The quantitative estimate of drug-likeness (QED) is 0.231. The second-order valence-electron chi connectivity index (χ2n) is 10.1. The van der Waals surface area contributed by atoms with E-state index in [-0.39, 0.29) is 10.5 Å². The lowest BCUT2D eigenvalue weighted by Crippen LogP contribution is -2.40. The number of hydrogen-bond donors (Lipinski definition) is 3. The Labute approximate surface area is 233 Å². The van der Waals surface area contributed by atoms with Crippen molar-refractivity contribution in [3.05, 3.63) is 83.7 Å².